The minimum atomic E-state index is -0.145. The zero-order chi connectivity index (χ0) is 9.65. The summed E-state index contributed by atoms with van der Waals surface area (Å²) < 4.78 is 11.4. The van der Waals surface area contributed by atoms with E-state index in [9.17, 15) is 0 Å². The first-order valence-corrected chi connectivity index (χ1v) is 5.26. The number of oxazole rings is 1. The standard InChI is InChI=1S/C11H15NO2/c1-10-2-4-11(5-3-10,14-7-10)9-6-12-8-13-9/h6,8H,2-5,7H2,1H3. The molecule has 1 aromatic heterocycles. The van der Waals surface area contributed by atoms with E-state index in [1.807, 2.05) is 0 Å². The first-order valence-electron chi connectivity index (χ1n) is 5.26. The number of hydrogen-bond acceptors (Lipinski definition) is 3. The van der Waals surface area contributed by atoms with Gasteiger partial charge in [0, 0.05) is 0 Å². The molecule has 1 aromatic rings. The van der Waals surface area contributed by atoms with Crippen LogP contribution in [0.3, 0.4) is 0 Å². The number of nitrogens with zero attached hydrogens (tertiary/aromatic N) is 1. The summed E-state index contributed by atoms with van der Waals surface area (Å²) in [5.41, 5.74) is 0.274. The minimum Gasteiger partial charge on any atom is -0.445 e. The average Bonchev–Trinajstić information content (AvgIpc) is 2.73. The second-order valence-electron chi connectivity index (χ2n) is 4.96. The van der Waals surface area contributed by atoms with Gasteiger partial charge in [0.05, 0.1) is 12.8 Å². The Kier molecular flexibility index (Phi) is 1.57. The number of hydrogen-bond donors (Lipinski definition) is 0. The third-order valence-corrected chi connectivity index (χ3v) is 3.84. The predicted octanol–water partition coefficient (Wildman–Crippen LogP) is 2.48. The molecule has 3 fully saturated rings. The second-order valence-corrected chi connectivity index (χ2v) is 4.96. The van der Waals surface area contributed by atoms with Gasteiger partial charge >= 0.3 is 0 Å². The SMILES string of the molecule is CC12CCC(c3cnco3)(CC1)OC2. The Hall–Kier alpha value is -0.830. The van der Waals surface area contributed by atoms with Crippen LogP contribution < -0.4 is 0 Å². The van der Waals surface area contributed by atoms with E-state index >= 15 is 0 Å². The molecular formula is C11H15NO2. The fraction of sp³-hybridized carbons (Fsp3) is 0.727. The first kappa shape index (κ1) is 8.48. The molecule has 0 N–H and O–H groups in total. The summed E-state index contributed by atoms with van der Waals surface area (Å²) in [6.45, 7) is 3.18. The molecule has 76 valence electrons. The van der Waals surface area contributed by atoms with Crippen LogP contribution in [0.5, 0.6) is 0 Å². The number of fused-ring (bicyclic) bond motifs is 3. The summed E-state index contributed by atoms with van der Waals surface area (Å²) in [4.78, 5) is 3.98. The molecule has 0 unspecified atom stereocenters. The monoisotopic (exact) mass is 193 g/mol. The van der Waals surface area contributed by atoms with Gasteiger partial charge in [-0.15, -0.1) is 0 Å². The number of rotatable bonds is 1. The lowest BCUT2D eigenvalue weighted by Gasteiger charge is -2.50. The summed E-state index contributed by atoms with van der Waals surface area (Å²) in [6.07, 6.45) is 7.95. The van der Waals surface area contributed by atoms with Crippen LogP contribution in [0.4, 0.5) is 0 Å². The van der Waals surface area contributed by atoms with E-state index < -0.39 is 0 Å². The summed E-state index contributed by atoms with van der Waals surface area (Å²) in [5.74, 6) is 0.916. The van der Waals surface area contributed by atoms with Gasteiger partial charge in [-0.2, -0.15) is 0 Å². The van der Waals surface area contributed by atoms with Gasteiger partial charge in [-0.05, 0) is 31.1 Å². The van der Waals surface area contributed by atoms with Crippen LogP contribution in [-0.4, -0.2) is 11.6 Å². The van der Waals surface area contributed by atoms with Gasteiger partial charge in [-0.3, -0.25) is 0 Å². The fourth-order valence-corrected chi connectivity index (χ4v) is 2.62. The van der Waals surface area contributed by atoms with Gasteiger partial charge in [0.1, 0.15) is 5.60 Å². The van der Waals surface area contributed by atoms with Crippen molar-refractivity contribution in [2.24, 2.45) is 5.41 Å². The Labute approximate surface area is 83.5 Å². The molecule has 0 atom stereocenters. The lowest BCUT2D eigenvalue weighted by atomic mass is 9.66. The molecule has 3 heterocycles. The molecule has 2 aliphatic heterocycles. The third kappa shape index (κ3) is 1.05. The molecule has 3 aliphatic rings. The summed E-state index contributed by atoms with van der Waals surface area (Å²) in [7, 11) is 0. The highest BCUT2D eigenvalue weighted by Crippen LogP contribution is 2.53. The van der Waals surface area contributed by atoms with E-state index in [1.54, 1.807) is 6.20 Å². The zero-order valence-electron chi connectivity index (χ0n) is 8.45. The first-order chi connectivity index (χ1) is 6.73. The van der Waals surface area contributed by atoms with Crippen LogP contribution in [0.15, 0.2) is 17.0 Å². The van der Waals surface area contributed by atoms with Crippen LogP contribution in [0.2, 0.25) is 0 Å². The molecule has 0 radical (unpaired) electrons. The highest BCUT2D eigenvalue weighted by Gasteiger charge is 2.50. The van der Waals surface area contributed by atoms with Crippen molar-refractivity contribution < 1.29 is 9.15 Å². The van der Waals surface area contributed by atoms with Crippen molar-refractivity contribution in [3.8, 4) is 0 Å². The summed E-state index contributed by atoms with van der Waals surface area (Å²) in [6, 6.07) is 0. The highest BCUT2D eigenvalue weighted by molar-refractivity contribution is 5.10. The smallest absolute Gasteiger partial charge is 0.181 e. The van der Waals surface area contributed by atoms with Crippen molar-refractivity contribution in [3.63, 3.8) is 0 Å². The summed E-state index contributed by atoms with van der Waals surface area (Å²) >= 11 is 0. The molecule has 4 rings (SSSR count). The van der Waals surface area contributed by atoms with Crippen LogP contribution in [-0.2, 0) is 10.3 Å². The van der Waals surface area contributed by atoms with E-state index in [2.05, 4.69) is 11.9 Å². The Balaban J connectivity index is 1.93. The van der Waals surface area contributed by atoms with E-state index in [0.29, 0.717) is 5.41 Å². The second kappa shape index (κ2) is 2.60. The molecule has 14 heavy (non-hydrogen) atoms. The molecule has 3 nitrogen and oxygen atoms in total. The molecule has 1 saturated carbocycles. The molecule has 0 amide bonds. The largest absolute Gasteiger partial charge is 0.445 e. The number of aromatic nitrogens is 1. The molecule has 0 spiro atoms. The van der Waals surface area contributed by atoms with Gasteiger partial charge in [0.25, 0.3) is 0 Å². The van der Waals surface area contributed by atoms with Crippen molar-refractivity contribution in [3.05, 3.63) is 18.4 Å². The average molecular weight is 193 g/mol. The van der Waals surface area contributed by atoms with E-state index in [1.165, 1.54) is 19.2 Å². The van der Waals surface area contributed by atoms with Crippen molar-refractivity contribution in [2.45, 2.75) is 38.2 Å². The van der Waals surface area contributed by atoms with E-state index in [0.717, 1.165) is 25.2 Å². The van der Waals surface area contributed by atoms with Gasteiger partial charge in [0.15, 0.2) is 12.2 Å². The maximum absolute atomic E-state index is 5.98. The Morgan fingerprint density at radius 1 is 1.29 bits per heavy atom. The molecule has 0 aromatic carbocycles. The lowest BCUT2D eigenvalue weighted by Crippen LogP contribution is -2.47. The van der Waals surface area contributed by atoms with Crippen LogP contribution in [0.1, 0.15) is 38.4 Å². The van der Waals surface area contributed by atoms with Gasteiger partial charge in [0.2, 0.25) is 0 Å². The van der Waals surface area contributed by atoms with Gasteiger partial charge in [-0.25, -0.2) is 4.98 Å². The summed E-state index contributed by atoms with van der Waals surface area (Å²) in [5, 5.41) is 0. The highest BCUT2D eigenvalue weighted by atomic mass is 16.5. The molecular weight excluding hydrogens is 178 g/mol. The maximum atomic E-state index is 5.98. The van der Waals surface area contributed by atoms with Gasteiger partial charge < -0.3 is 9.15 Å². The van der Waals surface area contributed by atoms with E-state index in [-0.39, 0.29) is 5.60 Å². The maximum Gasteiger partial charge on any atom is 0.181 e. The zero-order valence-corrected chi connectivity index (χ0v) is 8.45. The minimum absolute atomic E-state index is 0.145. The molecule has 3 heteroatoms. The van der Waals surface area contributed by atoms with Crippen molar-refractivity contribution in [1.29, 1.82) is 0 Å². The van der Waals surface area contributed by atoms with Crippen molar-refractivity contribution in [1.82, 2.24) is 4.98 Å². The van der Waals surface area contributed by atoms with Crippen LogP contribution in [0.25, 0.3) is 0 Å². The Morgan fingerprint density at radius 3 is 2.57 bits per heavy atom. The van der Waals surface area contributed by atoms with Crippen LogP contribution >= 0.6 is 0 Å². The molecule has 1 aliphatic carbocycles. The van der Waals surface area contributed by atoms with Gasteiger partial charge in [-0.1, -0.05) is 6.92 Å². The third-order valence-electron chi connectivity index (χ3n) is 3.84. The predicted molar refractivity (Wildman–Crippen MR) is 50.7 cm³/mol. The Morgan fingerprint density at radius 2 is 2.07 bits per heavy atom. The lowest BCUT2D eigenvalue weighted by molar-refractivity contribution is -0.191. The Bertz CT molecular complexity index is 307. The number of ether oxygens (including phenoxy) is 1. The van der Waals surface area contributed by atoms with Crippen molar-refractivity contribution >= 4 is 0 Å². The molecule has 2 saturated heterocycles. The normalized spacial score (nSPS) is 41.5. The topological polar surface area (TPSA) is 35.3 Å². The quantitative estimate of drug-likeness (QED) is 0.687. The molecule has 2 bridgehead atoms. The fourth-order valence-electron chi connectivity index (χ4n) is 2.62. The van der Waals surface area contributed by atoms with Crippen molar-refractivity contribution in [2.75, 3.05) is 6.61 Å². The van der Waals surface area contributed by atoms with E-state index in [4.69, 9.17) is 9.15 Å². The van der Waals surface area contributed by atoms with Crippen LogP contribution in [0, 0.1) is 5.41 Å².